The number of hydrogen-bond acceptors (Lipinski definition) is 6. The Kier molecular flexibility index (Phi) is 5.01. The first kappa shape index (κ1) is 16.3. The van der Waals surface area contributed by atoms with Crippen LogP contribution in [0.1, 0.15) is 36.1 Å². The van der Waals surface area contributed by atoms with Crippen LogP contribution in [0.2, 0.25) is 0 Å². The van der Waals surface area contributed by atoms with Crippen LogP contribution in [0.4, 0.5) is 0 Å². The summed E-state index contributed by atoms with van der Waals surface area (Å²) in [6, 6.07) is 0. The molecule has 1 saturated heterocycles. The Balaban J connectivity index is 1.42. The number of thiophene rings is 1. The van der Waals surface area contributed by atoms with Gasteiger partial charge in [0.15, 0.2) is 0 Å². The van der Waals surface area contributed by atoms with Crippen molar-refractivity contribution in [3.05, 3.63) is 16.8 Å². The van der Waals surface area contributed by atoms with Crippen LogP contribution in [0, 0.1) is 0 Å². The molecule has 0 bridgehead atoms. The van der Waals surface area contributed by atoms with Gasteiger partial charge in [0.1, 0.15) is 16.2 Å². The third-order valence-corrected chi connectivity index (χ3v) is 6.80. The van der Waals surface area contributed by atoms with Crippen molar-refractivity contribution in [2.75, 3.05) is 18.9 Å². The van der Waals surface area contributed by atoms with Crippen LogP contribution in [0.15, 0.2) is 11.4 Å². The number of aryl methyl sites for hydroxylation is 2. The van der Waals surface area contributed by atoms with Crippen molar-refractivity contribution in [1.82, 2.24) is 15.3 Å². The monoisotopic (exact) mass is 363 g/mol. The highest BCUT2D eigenvalue weighted by Gasteiger charge is 2.21. The van der Waals surface area contributed by atoms with Crippen molar-refractivity contribution in [2.24, 2.45) is 0 Å². The first-order chi connectivity index (χ1) is 11.8. The second kappa shape index (κ2) is 7.37. The Morgan fingerprint density at radius 2 is 2.25 bits per heavy atom. The molecule has 0 radical (unpaired) electrons. The van der Waals surface area contributed by atoms with Crippen molar-refractivity contribution in [3.63, 3.8) is 0 Å². The van der Waals surface area contributed by atoms with Crippen LogP contribution in [0.25, 0.3) is 10.2 Å². The number of carbonyl (C=O) groups is 1. The van der Waals surface area contributed by atoms with E-state index in [1.807, 2.05) is 0 Å². The van der Waals surface area contributed by atoms with Crippen LogP contribution in [-0.4, -0.2) is 40.9 Å². The Labute approximate surface area is 149 Å². The number of rotatable bonds is 5. The fourth-order valence-electron chi connectivity index (χ4n) is 3.39. The summed E-state index contributed by atoms with van der Waals surface area (Å²) >= 11 is 3.31. The number of nitrogens with zero attached hydrogens (tertiary/aromatic N) is 2. The average molecular weight is 364 g/mol. The first-order valence-corrected chi connectivity index (χ1v) is 10.4. The maximum atomic E-state index is 12.1. The van der Waals surface area contributed by atoms with E-state index in [0.717, 1.165) is 42.1 Å². The Morgan fingerprint density at radius 1 is 1.33 bits per heavy atom. The molecule has 0 saturated carbocycles. The Hall–Kier alpha value is -1.18. The van der Waals surface area contributed by atoms with Gasteiger partial charge in [-0.1, -0.05) is 11.8 Å². The number of thioether (sulfide) groups is 1. The fraction of sp³-hybridized carbons (Fsp3) is 0.588. The molecule has 7 heteroatoms. The van der Waals surface area contributed by atoms with Gasteiger partial charge in [-0.25, -0.2) is 9.97 Å². The molecule has 2 aliphatic rings. The van der Waals surface area contributed by atoms with Gasteiger partial charge in [-0.3, -0.25) is 4.79 Å². The minimum Gasteiger partial charge on any atom is -0.376 e. The quantitative estimate of drug-likeness (QED) is 0.654. The van der Waals surface area contributed by atoms with E-state index in [1.165, 1.54) is 40.4 Å². The van der Waals surface area contributed by atoms with Gasteiger partial charge in [0.2, 0.25) is 5.91 Å². The smallest absolute Gasteiger partial charge is 0.230 e. The molecule has 1 fully saturated rings. The normalized spacial score (nSPS) is 20.2. The lowest BCUT2D eigenvalue weighted by Crippen LogP contribution is -2.32. The number of ether oxygens (including phenoxy) is 1. The number of nitrogens with one attached hydrogen (secondary N) is 1. The van der Waals surface area contributed by atoms with Crippen LogP contribution < -0.4 is 5.32 Å². The zero-order chi connectivity index (χ0) is 16.4. The van der Waals surface area contributed by atoms with Crippen LogP contribution in [0.3, 0.4) is 0 Å². The highest BCUT2D eigenvalue weighted by atomic mass is 32.2. The SMILES string of the molecule is O=C(CSc1ncnc2sc3c(c12)CCCC3)NCC1CCCO1. The maximum absolute atomic E-state index is 12.1. The molecule has 3 heterocycles. The number of fused-ring (bicyclic) bond motifs is 3. The molecule has 2 aromatic rings. The molecule has 2 aromatic heterocycles. The third-order valence-electron chi connectivity index (χ3n) is 4.61. The summed E-state index contributed by atoms with van der Waals surface area (Å²) in [4.78, 5) is 23.5. The zero-order valence-electron chi connectivity index (χ0n) is 13.5. The lowest BCUT2D eigenvalue weighted by Gasteiger charge is -2.12. The predicted octanol–water partition coefficient (Wildman–Crippen LogP) is 2.96. The second-order valence-electron chi connectivity index (χ2n) is 6.30. The van der Waals surface area contributed by atoms with E-state index in [2.05, 4.69) is 15.3 Å². The van der Waals surface area contributed by atoms with Crippen molar-refractivity contribution in [1.29, 1.82) is 0 Å². The minimum atomic E-state index is 0.0476. The largest absolute Gasteiger partial charge is 0.376 e. The summed E-state index contributed by atoms with van der Waals surface area (Å²) in [7, 11) is 0. The molecule has 5 nitrogen and oxygen atoms in total. The molecular formula is C17H21N3O2S2. The molecule has 1 atom stereocenters. The highest BCUT2D eigenvalue weighted by Crippen LogP contribution is 2.39. The summed E-state index contributed by atoms with van der Waals surface area (Å²) in [5.74, 6) is 0.440. The van der Waals surface area contributed by atoms with Crippen molar-refractivity contribution >= 4 is 39.2 Å². The van der Waals surface area contributed by atoms with Gasteiger partial charge in [0, 0.05) is 23.4 Å². The Morgan fingerprint density at radius 3 is 3.12 bits per heavy atom. The molecule has 128 valence electrons. The molecule has 1 N–H and O–H groups in total. The van der Waals surface area contributed by atoms with E-state index in [9.17, 15) is 4.79 Å². The fourth-order valence-corrected chi connectivity index (χ4v) is 5.54. The minimum absolute atomic E-state index is 0.0476. The zero-order valence-corrected chi connectivity index (χ0v) is 15.2. The predicted molar refractivity (Wildman–Crippen MR) is 96.8 cm³/mol. The van der Waals surface area contributed by atoms with Crippen molar-refractivity contribution in [3.8, 4) is 0 Å². The van der Waals surface area contributed by atoms with Crippen LogP contribution in [0.5, 0.6) is 0 Å². The second-order valence-corrected chi connectivity index (χ2v) is 8.35. The van der Waals surface area contributed by atoms with E-state index in [-0.39, 0.29) is 12.0 Å². The Bertz CT molecular complexity index is 741. The molecule has 1 aliphatic carbocycles. The van der Waals surface area contributed by atoms with Gasteiger partial charge in [-0.2, -0.15) is 0 Å². The molecule has 1 amide bonds. The highest BCUT2D eigenvalue weighted by molar-refractivity contribution is 8.00. The third kappa shape index (κ3) is 3.43. The standard InChI is InChI=1S/C17H21N3O2S2/c21-14(18-8-11-4-3-7-22-11)9-23-16-15-12-5-1-2-6-13(12)24-17(15)20-10-19-16/h10-11H,1-9H2,(H,18,21). The molecule has 1 unspecified atom stereocenters. The van der Waals surface area contributed by atoms with E-state index in [0.29, 0.717) is 12.3 Å². The van der Waals surface area contributed by atoms with Crippen LogP contribution >= 0.6 is 23.1 Å². The molecule has 4 rings (SSSR count). The van der Waals surface area contributed by atoms with Gasteiger partial charge in [-0.15, -0.1) is 11.3 Å². The van der Waals surface area contributed by atoms with Gasteiger partial charge >= 0.3 is 0 Å². The van der Waals surface area contributed by atoms with Gasteiger partial charge in [0.25, 0.3) is 0 Å². The summed E-state index contributed by atoms with van der Waals surface area (Å²) < 4.78 is 5.53. The van der Waals surface area contributed by atoms with E-state index >= 15 is 0 Å². The maximum Gasteiger partial charge on any atom is 0.230 e. The van der Waals surface area contributed by atoms with E-state index in [1.54, 1.807) is 17.7 Å². The molecule has 24 heavy (non-hydrogen) atoms. The number of aromatic nitrogens is 2. The van der Waals surface area contributed by atoms with Crippen molar-refractivity contribution in [2.45, 2.75) is 49.7 Å². The summed E-state index contributed by atoms with van der Waals surface area (Å²) in [6.45, 7) is 1.43. The number of carbonyl (C=O) groups excluding carboxylic acids is 1. The number of hydrogen-bond donors (Lipinski definition) is 1. The molecule has 0 spiro atoms. The summed E-state index contributed by atoms with van der Waals surface area (Å²) in [5.41, 5.74) is 1.42. The van der Waals surface area contributed by atoms with Gasteiger partial charge < -0.3 is 10.1 Å². The summed E-state index contributed by atoms with van der Waals surface area (Å²) in [6.07, 6.45) is 8.72. The number of amides is 1. The van der Waals surface area contributed by atoms with Gasteiger partial charge in [-0.05, 0) is 44.1 Å². The van der Waals surface area contributed by atoms with Crippen molar-refractivity contribution < 1.29 is 9.53 Å². The average Bonchev–Trinajstić information content (AvgIpc) is 3.25. The lowest BCUT2D eigenvalue weighted by molar-refractivity contribution is -0.119. The molecule has 1 aliphatic heterocycles. The van der Waals surface area contributed by atoms with E-state index in [4.69, 9.17) is 4.74 Å². The first-order valence-electron chi connectivity index (χ1n) is 8.57. The summed E-state index contributed by atoms with van der Waals surface area (Å²) in [5, 5.41) is 5.11. The lowest BCUT2D eigenvalue weighted by atomic mass is 9.97. The molecule has 0 aromatic carbocycles. The molecular weight excluding hydrogens is 342 g/mol. The topological polar surface area (TPSA) is 64.1 Å². The van der Waals surface area contributed by atoms with Gasteiger partial charge in [0.05, 0.1) is 11.9 Å². The van der Waals surface area contributed by atoms with E-state index < -0.39 is 0 Å². The van der Waals surface area contributed by atoms with Crippen LogP contribution in [-0.2, 0) is 22.4 Å².